The van der Waals surface area contributed by atoms with Crippen LogP contribution in [0.5, 0.6) is 0 Å². The van der Waals surface area contributed by atoms with Crippen molar-refractivity contribution in [2.45, 2.75) is 49.7 Å². The van der Waals surface area contributed by atoms with Crippen molar-refractivity contribution in [1.82, 2.24) is 0 Å². The van der Waals surface area contributed by atoms with Gasteiger partial charge in [-0.1, -0.05) is 42.1 Å². The second-order valence-corrected chi connectivity index (χ2v) is 8.02. The number of carbonyl (C=O) groups excluding carboxylic acids is 1. The molecule has 1 heterocycles. The highest BCUT2D eigenvalue weighted by atomic mass is 32.2. The van der Waals surface area contributed by atoms with Crippen LogP contribution < -0.4 is 0 Å². The topological polar surface area (TPSA) is 35.5 Å². The third-order valence-electron chi connectivity index (χ3n) is 4.97. The van der Waals surface area contributed by atoms with Crippen LogP contribution in [0.3, 0.4) is 0 Å². The Balaban J connectivity index is 1.52. The maximum atomic E-state index is 12.5. The Bertz CT molecular complexity index is 821. The molecule has 0 aromatic heterocycles. The fourth-order valence-corrected chi connectivity index (χ4v) is 4.79. The first-order valence-corrected chi connectivity index (χ1v) is 10.3. The van der Waals surface area contributed by atoms with E-state index in [1.807, 2.05) is 0 Å². The van der Waals surface area contributed by atoms with Crippen molar-refractivity contribution in [3.8, 4) is 0 Å². The molecule has 2 aliphatic rings. The number of hydrogen-bond donors (Lipinski definition) is 0. The molecule has 26 heavy (non-hydrogen) atoms. The van der Waals surface area contributed by atoms with Gasteiger partial charge in [0.15, 0.2) is 12.1 Å². The number of benzene rings is 2. The molecule has 0 atom stereocenters. The summed E-state index contributed by atoms with van der Waals surface area (Å²) in [7, 11) is 0. The minimum absolute atomic E-state index is 0.155. The molecule has 1 fully saturated rings. The van der Waals surface area contributed by atoms with E-state index in [4.69, 9.17) is 9.47 Å². The summed E-state index contributed by atoms with van der Waals surface area (Å²) in [5.74, 6) is 0.301. The monoisotopic (exact) mass is 368 g/mol. The molecule has 2 aromatic rings. The molecule has 3 nitrogen and oxygen atoms in total. The van der Waals surface area contributed by atoms with Crippen molar-refractivity contribution in [2.75, 3.05) is 13.2 Å². The smallest absolute Gasteiger partial charge is 0.159 e. The van der Waals surface area contributed by atoms with Crippen LogP contribution in [0, 0.1) is 0 Å². The molecular weight excluding hydrogens is 344 g/mol. The summed E-state index contributed by atoms with van der Waals surface area (Å²) in [5, 5.41) is 2.49. The van der Waals surface area contributed by atoms with E-state index in [9.17, 15) is 4.79 Å². The van der Waals surface area contributed by atoms with Crippen LogP contribution in [0.1, 0.15) is 38.5 Å². The molecule has 1 saturated heterocycles. The van der Waals surface area contributed by atoms with Crippen LogP contribution in [0.25, 0.3) is 10.8 Å². The number of carbonyl (C=O) groups is 1. The van der Waals surface area contributed by atoms with Crippen LogP contribution in [0.4, 0.5) is 0 Å². The van der Waals surface area contributed by atoms with Gasteiger partial charge < -0.3 is 9.47 Å². The fourth-order valence-electron chi connectivity index (χ4n) is 3.60. The average Bonchev–Trinajstić information content (AvgIpc) is 2.68. The SMILES string of the molecule is O=C1CCCC(Sc2ccc3ccccc3c2)=C1CCC1OCCCO1. The predicted octanol–water partition coefficient (Wildman–Crippen LogP) is 5.48. The summed E-state index contributed by atoms with van der Waals surface area (Å²) in [4.78, 5) is 15.0. The predicted molar refractivity (Wildman–Crippen MR) is 105 cm³/mol. The molecule has 136 valence electrons. The van der Waals surface area contributed by atoms with Crippen LogP contribution >= 0.6 is 11.8 Å². The zero-order chi connectivity index (χ0) is 17.8. The molecule has 0 amide bonds. The van der Waals surface area contributed by atoms with Gasteiger partial charge in [-0.05, 0) is 53.5 Å². The molecule has 4 heteroatoms. The summed E-state index contributed by atoms with van der Waals surface area (Å²) < 4.78 is 11.3. The zero-order valence-corrected chi connectivity index (χ0v) is 15.7. The first kappa shape index (κ1) is 17.8. The van der Waals surface area contributed by atoms with E-state index in [2.05, 4.69) is 42.5 Å². The lowest BCUT2D eigenvalue weighted by atomic mass is 9.94. The highest BCUT2D eigenvalue weighted by molar-refractivity contribution is 8.03. The highest BCUT2D eigenvalue weighted by Gasteiger charge is 2.23. The molecule has 1 aliphatic carbocycles. The summed E-state index contributed by atoms with van der Waals surface area (Å²) in [6.45, 7) is 1.52. The number of ether oxygens (including phenoxy) is 2. The van der Waals surface area contributed by atoms with E-state index in [1.54, 1.807) is 11.8 Å². The van der Waals surface area contributed by atoms with E-state index >= 15 is 0 Å². The molecule has 1 aliphatic heterocycles. The van der Waals surface area contributed by atoms with Gasteiger partial charge in [-0.2, -0.15) is 0 Å². The maximum Gasteiger partial charge on any atom is 0.159 e. The van der Waals surface area contributed by atoms with Gasteiger partial charge in [0.05, 0.1) is 13.2 Å². The Morgan fingerprint density at radius 2 is 1.77 bits per heavy atom. The van der Waals surface area contributed by atoms with Crippen LogP contribution in [0.15, 0.2) is 57.8 Å². The molecule has 0 N–H and O–H groups in total. The van der Waals surface area contributed by atoms with Crippen molar-refractivity contribution >= 4 is 28.3 Å². The fraction of sp³-hybridized carbons (Fsp3) is 0.409. The van der Waals surface area contributed by atoms with Crippen molar-refractivity contribution in [2.24, 2.45) is 0 Å². The van der Waals surface area contributed by atoms with Crippen molar-refractivity contribution in [1.29, 1.82) is 0 Å². The van der Waals surface area contributed by atoms with Crippen LogP contribution in [-0.2, 0) is 14.3 Å². The third kappa shape index (κ3) is 4.20. The molecule has 0 unspecified atom stereocenters. The number of rotatable bonds is 5. The minimum atomic E-state index is -0.155. The number of fused-ring (bicyclic) bond motifs is 1. The first-order valence-electron chi connectivity index (χ1n) is 9.45. The number of ketones is 1. The van der Waals surface area contributed by atoms with Crippen molar-refractivity contribution in [3.63, 3.8) is 0 Å². The Morgan fingerprint density at radius 3 is 2.62 bits per heavy atom. The summed E-state index contributed by atoms with van der Waals surface area (Å²) in [6.07, 6.45) is 4.94. The van der Waals surface area contributed by atoms with Gasteiger partial charge in [-0.3, -0.25) is 4.79 Å². The normalized spacial score (nSPS) is 19.3. The Kier molecular flexibility index (Phi) is 5.73. The lowest BCUT2D eigenvalue weighted by molar-refractivity contribution is -0.180. The van der Waals surface area contributed by atoms with Gasteiger partial charge in [-0.15, -0.1) is 0 Å². The largest absolute Gasteiger partial charge is 0.353 e. The van der Waals surface area contributed by atoms with Gasteiger partial charge in [0.1, 0.15) is 0 Å². The minimum Gasteiger partial charge on any atom is -0.353 e. The number of Topliss-reactive ketones (excluding diaryl/α,β-unsaturated/α-hetero) is 1. The third-order valence-corrected chi connectivity index (χ3v) is 6.16. The molecule has 0 spiro atoms. The van der Waals surface area contributed by atoms with Gasteiger partial charge in [-0.25, -0.2) is 0 Å². The maximum absolute atomic E-state index is 12.5. The molecule has 0 radical (unpaired) electrons. The number of hydrogen-bond acceptors (Lipinski definition) is 4. The van der Waals surface area contributed by atoms with E-state index < -0.39 is 0 Å². The summed E-state index contributed by atoms with van der Waals surface area (Å²) in [5.41, 5.74) is 0.993. The lowest BCUT2D eigenvalue weighted by Gasteiger charge is -2.25. The second kappa shape index (κ2) is 8.38. The number of thioether (sulfide) groups is 1. The summed E-state index contributed by atoms with van der Waals surface area (Å²) in [6, 6.07) is 14.9. The Morgan fingerprint density at radius 1 is 0.962 bits per heavy atom. The van der Waals surface area contributed by atoms with Gasteiger partial charge >= 0.3 is 0 Å². The molecule has 0 bridgehead atoms. The Labute approximate surface area is 158 Å². The van der Waals surface area contributed by atoms with E-state index in [-0.39, 0.29) is 6.29 Å². The van der Waals surface area contributed by atoms with Crippen LogP contribution in [0.2, 0.25) is 0 Å². The average molecular weight is 368 g/mol. The summed E-state index contributed by atoms with van der Waals surface area (Å²) >= 11 is 1.76. The van der Waals surface area contributed by atoms with Gasteiger partial charge in [0.2, 0.25) is 0 Å². The van der Waals surface area contributed by atoms with Gasteiger partial charge in [0, 0.05) is 23.3 Å². The lowest BCUT2D eigenvalue weighted by Crippen LogP contribution is -2.25. The highest BCUT2D eigenvalue weighted by Crippen LogP contribution is 2.39. The quantitative estimate of drug-likeness (QED) is 0.700. The molecule has 2 aromatic carbocycles. The molecule has 4 rings (SSSR count). The van der Waals surface area contributed by atoms with Crippen molar-refractivity contribution in [3.05, 3.63) is 52.9 Å². The Hall–Kier alpha value is -1.62. The zero-order valence-electron chi connectivity index (χ0n) is 14.9. The molecule has 0 saturated carbocycles. The van der Waals surface area contributed by atoms with E-state index in [1.165, 1.54) is 20.6 Å². The second-order valence-electron chi connectivity index (χ2n) is 6.85. The first-order chi connectivity index (χ1) is 12.8. The number of allylic oxidation sites excluding steroid dienone is 2. The van der Waals surface area contributed by atoms with Gasteiger partial charge in [0.25, 0.3) is 0 Å². The van der Waals surface area contributed by atoms with E-state index in [0.29, 0.717) is 12.2 Å². The van der Waals surface area contributed by atoms with Crippen molar-refractivity contribution < 1.29 is 14.3 Å². The van der Waals surface area contributed by atoms with Crippen LogP contribution in [-0.4, -0.2) is 25.3 Å². The standard InChI is InChI=1S/C22H24O3S/c23-20-7-3-8-21(19(20)11-12-22-24-13-4-14-25-22)26-18-10-9-16-5-1-2-6-17(16)15-18/h1-2,5-6,9-10,15,22H,3-4,7-8,11-14H2. The van der Waals surface area contributed by atoms with E-state index in [0.717, 1.165) is 50.9 Å². The molecular formula is C22H24O3S.